The van der Waals surface area contributed by atoms with Gasteiger partial charge in [-0.15, -0.1) is 0 Å². The summed E-state index contributed by atoms with van der Waals surface area (Å²) in [6, 6.07) is 0.304. The summed E-state index contributed by atoms with van der Waals surface area (Å²) in [6.45, 7) is 6.92. The maximum atomic E-state index is 11.4. The summed E-state index contributed by atoms with van der Waals surface area (Å²) in [5.74, 6) is 0.176. The molecule has 1 amide bonds. The molecule has 1 aliphatic heterocycles. The van der Waals surface area contributed by atoms with E-state index in [9.17, 15) is 4.79 Å². The van der Waals surface area contributed by atoms with Crippen molar-refractivity contribution in [1.29, 1.82) is 0 Å². The Hall–Kier alpha value is -0.570. The fourth-order valence-corrected chi connectivity index (χ4v) is 1.88. The lowest BCUT2D eigenvalue weighted by Crippen LogP contribution is -2.45. The molecule has 3 heteroatoms. The van der Waals surface area contributed by atoms with Crippen molar-refractivity contribution in [3.05, 3.63) is 0 Å². The van der Waals surface area contributed by atoms with Crippen LogP contribution in [0.1, 0.15) is 46.5 Å². The minimum absolute atomic E-state index is 0.0809. The van der Waals surface area contributed by atoms with Crippen LogP contribution in [0.25, 0.3) is 0 Å². The van der Waals surface area contributed by atoms with Crippen molar-refractivity contribution in [3.8, 4) is 0 Å². The van der Waals surface area contributed by atoms with Gasteiger partial charge in [0.1, 0.15) is 0 Å². The predicted molar refractivity (Wildman–Crippen MR) is 56.1 cm³/mol. The van der Waals surface area contributed by atoms with Crippen molar-refractivity contribution in [3.63, 3.8) is 0 Å². The van der Waals surface area contributed by atoms with Crippen LogP contribution in [-0.2, 0) is 9.53 Å². The summed E-state index contributed by atoms with van der Waals surface area (Å²) < 4.78 is 5.59. The van der Waals surface area contributed by atoms with Gasteiger partial charge in [0, 0.05) is 19.1 Å². The SMILES string of the molecule is CCCC(=O)NC1CCOC(C)(C)C1. The maximum absolute atomic E-state index is 11.4. The molecule has 0 bridgehead atoms. The Morgan fingerprint density at radius 2 is 2.29 bits per heavy atom. The summed E-state index contributed by atoms with van der Waals surface area (Å²) in [7, 11) is 0. The van der Waals surface area contributed by atoms with Crippen molar-refractivity contribution in [1.82, 2.24) is 5.32 Å². The van der Waals surface area contributed by atoms with Crippen molar-refractivity contribution in [2.75, 3.05) is 6.61 Å². The van der Waals surface area contributed by atoms with E-state index in [1.165, 1.54) is 0 Å². The van der Waals surface area contributed by atoms with Gasteiger partial charge in [0.05, 0.1) is 5.60 Å². The molecule has 0 saturated carbocycles. The summed E-state index contributed by atoms with van der Waals surface area (Å²) in [5.41, 5.74) is -0.0809. The molecule has 1 atom stereocenters. The molecule has 1 aliphatic rings. The molecule has 1 N–H and O–H groups in total. The van der Waals surface area contributed by atoms with Gasteiger partial charge in [-0.2, -0.15) is 0 Å². The number of hydrogen-bond donors (Lipinski definition) is 1. The maximum Gasteiger partial charge on any atom is 0.220 e. The number of carbonyl (C=O) groups is 1. The van der Waals surface area contributed by atoms with E-state index in [4.69, 9.17) is 4.74 Å². The summed E-state index contributed by atoms with van der Waals surface area (Å²) in [5, 5.41) is 3.06. The second kappa shape index (κ2) is 4.78. The first-order valence-electron chi connectivity index (χ1n) is 5.47. The molecule has 1 heterocycles. The zero-order valence-electron chi connectivity index (χ0n) is 9.43. The predicted octanol–water partition coefficient (Wildman–Crippen LogP) is 1.86. The highest BCUT2D eigenvalue weighted by molar-refractivity contribution is 5.76. The number of hydrogen-bond acceptors (Lipinski definition) is 2. The largest absolute Gasteiger partial charge is 0.375 e. The normalized spacial score (nSPS) is 25.8. The monoisotopic (exact) mass is 199 g/mol. The van der Waals surface area contributed by atoms with Crippen LogP contribution in [0.5, 0.6) is 0 Å². The molecule has 3 nitrogen and oxygen atoms in total. The van der Waals surface area contributed by atoms with Gasteiger partial charge in [-0.05, 0) is 33.1 Å². The lowest BCUT2D eigenvalue weighted by atomic mass is 9.94. The van der Waals surface area contributed by atoms with Crippen LogP contribution in [0.3, 0.4) is 0 Å². The van der Waals surface area contributed by atoms with Crippen LogP contribution in [0, 0.1) is 0 Å². The molecule has 82 valence electrons. The lowest BCUT2D eigenvalue weighted by Gasteiger charge is -2.35. The van der Waals surface area contributed by atoms with E-state index in [-0.39, 0.29) is 11.5 Å². The highest BCUT2D eigenvalue weighted by Gasteiger charge is 2.29. The minimum Gasteiger partial charge on any atom is -0.375 e. The molecule has 0 radical (unpaired) electrons. The molecular formula is C11H21NO2. The summed E-state index contributed by atoms with van der Waals surface area (Å²) in [4.78, 5) is 11.4. The Morgan fingerprint density at radius 3 is 2.86 bits per heavy atom. The summed E-state index contributed by atoms with van der Waals surface area (Å²) in [6.07, 6.45) is 3.41. The van der Waals surface area contributed by atoms with Gasteiger partial charge in [0.25, 0.3) is 0 Å². The molecule has 1 saturated heterocycles. The van der Waals surface area contributed by atoms with Gasteiger partial charge in [0.2, 0.25) is 5.91 Å². The van der Waals surface area contributed by atoms with E-state index in [0.717, 1.165) is 25.9 Å². The van der Waals surface area contributed by atoms with E-state index >= 15 is 0 Å². The van der Waals surface area contributed by atoms with Gasteiger partial charge < -0.3 is 10.1 Å². The second-order valence-electron chi connectivity index (χ2n) is 4.62. The first kappa shape index (κ1) is 11.5. The Bertz CT molecular complexity index is 201. The average molecular weight is 199 g/mol. The second-order valence-corrected chi connectivity index (χ2v) is 4.62. The van der Waals surface area contributed by atoms with Gasteiger partial charge >= 0.3 is 0 Å². The molecule has 0 aromatic heterocycles. The fraction of sp³-hybridized carbons (Fsp3) is 0.909. The quantitative estimate of drug-likeness (QED) is 0.753. The number of ether oxygens (including phenoxy) is 1. The molecule has 1 rings (SSSR count). The molecule has 0 aromatic carbocycles. The van der Waals surface area contributed by atoms with Gasteiger partial charge in [-0.25, -0.2) is 0 Å². The zero-order valence-corrected chi connectivity index (χ0v) is 9.43. The van der Waals surface area contributed by atoms with E-state index in [1.54, 1.807) is 0 Å². The van der Waals surface area contributed by atoms with E-state index in [2.05, 4.69) is 19.2 Å². The van der Waals surface area contributed by atoms with Crippen molar-refractivity contribution in [2.24, 2.45) is 0 Å². The minimum atomic E-state index is -0.0809. The third kappa shape index (κ3) is 3.66. The number of nitrogens with one attached hydrogen (secondary N) is 1. The Labute approximate surface area is 86.2 Å². The van der Waals surface area contributed by atoms with Crippen LogP contribution in [0.15, 0.2) is 0 Å². The highest BCUT2D eigenvalue weighted by atomic mass is 16.5. The van der Waals surface area contributed by atoms with Crippen molar-refractivity contribution in [2.45, 2.75) is 58.1 Å². The standard InChI is InChI=1S/C11H21NO2/c1-4-5-10(13)12-9-6-7-14-11(2,3)8-9/h9H,4-8H2,1-3H3,(H,12,13). The van der Waals surface area contributed by atoms with Crippen LogP contribution in [-0.4, -0.2) is 24.2 Å². The third-order valence-corrected chi connectivity index (χ3v) is 2.54. The number of carbonyl (C=O) groups excluding carboxylic acids is 1. The average Bonchev–Trinajstić information content (AvgIpc) is 2.02. The Kier molecular flexibility index (Phi) is 3.93. The van der Waals surface area contributed by atoms with Gasteiger partial charge in [-0.1, -0.05) is 6.92 Å². The zero-order chi connectivity index (χ0) is 10.6. The van der Waals surface area contributed by atoms with E-state index in [1.807, 2.05) is 6.92 Å². The number of rotatable bonds is 3. The van der Waals surface area contributed by atoms with Gasteiger partial charge in [0.15, 0.2) is 0 Å². The molecule has 14 heavy (non-hydrogen) atoms. The lowest BCUT2D eigenvalue weighted by molar-refractivity contribution is -0.124. The molecule has 0 aromatic rings. The molecule has 0 aliphatic carbocycles. The van der Waals surface area contributed by atoms with E-state index in [0.29, 0.717) is 12.5 Å². The molecule has 1 unspecified atom stereocenters. The smallest absolute Gasteiger partial charge is 0.220 e. The van der Waals surface area contributed by atoms with Crippen LogP contribution in [0.4, 0.5) is 0 Å². The third-order valence-electron chi connectivity index (χ3n) is 2.54. The van der Waals surface area contributed by atoms with Crippen LogP contribution in [0.2, 0.25) is 0 Å². The topological polar surface area (TPSA) is 38.3 Å². The fourth-order valence-electron chi connectivity index (χ4n) is 1.88. The Morgan fingerprint density at radius 1 is 1.57 bits per heavy atom. The highest BCUT2D eigenvalue weighted by Crippen LogP contribution is 2.23. The molecule has 0 spiro atoms. The van der Waals surface area contributed by atoms with E-state index < -0.39 is 0 Å². The van der Waals surface area contributed by atoms with Crippen LogP contribution >= 0.6 is 0 Å². The first-order valence-corrected chi connectivity index (χ1v) is 5.47. The first-order chi connectivity index (χ1) is 6.53. The molecular weight excluding hydrogens is 178 g/mol. The Balaban J connectivity index is 2.34. The molecule has 1 fully saturated rings. The van der Waals surface area contributed by atoms with Crippen LogP contribution < -0.4 is 5.32 Å². The van der Waals surface area contributed by atoms with Gasteiger partial charge in [-0.3, -0.25) is 4.79 Å². The van der Waals surface area contributed by atoms with Crippen molar-refractivity contribution >= 4 is 5.91 Å². The summed E-state index contributed by atoms with van der Waals surface area (Å²) >= 11 is 0. The number of amides is 1. The van der Waals surface area contributed by atoms with Crippen molar-refractivity contribution < 1.29 is 9.53 Å².